The normalized spacial score (nSPS) is 10.8. The minimum atomic E-state index is -1.93. The van der Waals surface area contributed by atoms with E-state index < -0.39 is 10.9 Å². The summed E-state index contributed by atoms with van der Waals surface area (Å²) in [6, 6.07) is 0. The second-order valence-electron chi connectivity index (χ2n) is 2.00. The van der Waals surface area contributed by atoms with E-state index in [1.54, 1.807) is 0 Å². The van der Waals surface area contributed by atoms with E-state index in [4.69, 9.17) is 5.11 Å². The Morgan fingerprint density at radius 3 is 1.30 bits per heavy atom. The first-order chi connectivity index (χ1) is 4.27. The predicted molar refractivity (Wildman–Crippen MR) is 57.6 cm³/mol. The number of halogens is 4. The van der Waals surface area contributed by atoms with E-state index >= 15 is 0 Å². The molecule has 0 radical (unpaired) electrons. The number of aliphatic hydroxyl groups is 1. The molecule has 0 aliphatic carbocycles. The zero-order valence-corrected chi connectivity index (χ0v) is 14.5. The van der Waals surface area contributed by atoms with Gasteiger partial charge in [0.25, 0.3) is 0 Å². The Kier molecular flexibility index (Phi) is 12.8. The third kappa shape index (κ3) is 45.2. The van der Waals surface area contributed by atoms with Gasteiger partial charge in [0.15, 0.2) is 0 Å². The van der Waals surface area contributed by atoms with Crippen LogP contribution < -0.4 is 0 Å². The van der Waals surface area contributed by atoms with Crippen molar-refractivity contribution in [3.05, 3.63) is 0 Å². The number of rotatable bonds is 1. The molecule has 1 N–H and O–H groups in total. The Bertz CT molecular complexity index is 66.1. The summed E-state index contributed by atoms with van der Waals surface area (Å²) < 4.78 is 0. The van der Waals surface area contributed by atoms with Crippen molar-refractivity contribution in [2.24, 2.45) is 5.92 Å². The molecule has 0 aliphatic rings. The van der Waals surface area contributed by atoms with Gasteiger partial charge in [0, 0.05) is 6.61 Å². The van der Waals surface area contributed by atoms with Crippen molar-refractivity contribution in [3.8, 4) is 0 Å². The molecule has 0 rings (SSSR count). The van der Waals surface area contributed by atoms with Gasteiger partial charge in [0.05, 0.1) is 0 Å². The third-order valence-electron chi connectivity index (χ3n) is 0.365. The van der Waals surface area contributed by atoms with Crippen molar-refractivity contribution in [2.45, 2.75) is 13.8 Å². The summed E-state index contributed by atoms with van der Waals surface area (Å²) in [5, 5.41) is 8.14. The Balaban J connectivity index is 0. The van der Waals surface area contributed by atoms with Crippen LogP contribution >= 0.6 is 48.9 Å². The molecule has 0 spiro atoms. The molecular weight excluding hydrogens is 475 g/mol. The van der Waals surface area contributed by atoms with Gasteiger partial charge in [-0.2, -0.15) is 0 Å². The van der Waals surface area contributed by atoms with Crippen LogP contribution in [0.4, 0.5) is 0 Å². The van der Waals surface area contributed by atoms with Crippen molar-refractivity contribution < 1.29 is 16.0 Å². The van der Waals surface area contributed by atoms with Crippen molar-refractivity contribution in [1.82, 2.24) is 0 Å². The van der Waals surface area contributed by atoms with E-state index in [9.17, 15) is 0 Å². The van der Waals surface area contributed by atoms with Crippen LogP contribution in [-0.2, 0) is 10.9 Å². The fraction of sp³-hybridized carbons (Fsp3) is 1.00. The molecule has 0 atom stereocenters. The molecule has 0 aromatic heterocycles. The first kappa shape index (κ1) is 15.2. The topological polar surface area (TPSA) is 20.2 Å². The van der Waals surface area contributed by atoms with E-state index in [0.717, 1.165) is 0 Å². The number of hydrogen-bond donors (Lipinski definition) is 1. The molecule has 0 amide bonds. The molecular formula is C4H10Br4OZr. The molecule has 0 aliphatic heterocycles. The van der Waals surface area contributed by atoms with Crippen LogP contribution in [0.25, 0.3) is 0 Å². The van der Waals surface area contributed by atoms with Gasteiger partial charge in [0.1, 0.15) is 0 Å². The van der Waals surface area contributed by atoms with Crippen LogP contribution in [0.15, 0.2) is 0 Å². The van der Waals surface area contributed by atoms with Crippen LogP contribution in [0.1, 0.15) is 13.8 Å². The number of hydrogen-bond acceptors (Lipinski definition) is 1. The van der Waals surface area contributed by atoms with Gasteiger partial charge in [-0.05, 0) is 5.92 Å². The number of aliphatic hydroxyl groups excluding tert-OH is 1. The van der Waals surface area contributed by atoms with E-state index in [1.165, 1.54) is 0 Å². The Morgan fingerprint density at radius 1 is 1.20 bits per heavy atom. The zero-order chi connectivity index (χ0) is 8.78. The van der Waals surface area contributed by atoms with Gasteiger partial charge in [-0.25, -0.2) is 0 Å². The van der Waals surface area contributed by atoms with Gasteiger partial charge in [-0.15, -0.1) is 0 Å². The molecule has 0 heterocycles. The van der Waals surface area contributed by atoms with Crippen LogP contribution in [0, 0.1) is 5.92 Å². The molecule has 0 aromatic rings. The Hall–Kier alpha value is 2.76. The molecule has 10 heavy (non-hydrogen) atoms. The monoisotopic (exact) mass is 480 g/mol. The first-order valence-electron chi connectivity index (χ1n) is 2.64. The maximum atomic E-state index is 8.14. The summed E-state index contributed by atoms with van der Waals surface area (Å²) in [6.07, 6.45) is 0. The Labute approximate surface area is 89.5 Å². The van der Waals surface area contributed by atoms with Crippen LogP contribution in [0.2, 0.25) is 0 Å². The van der Waals surface area contributed by atoms with Crippen LogP contribution in [0.3, 0.4) is 0 Å². The standard InChI is InChI=1S/C4H10O.4BrH.Zr/c1-4(2)3-5;;;;;/h4-5H,3H2,1-2H3;4*1H;/q;;;;;+4/p-4. The molecule has 0 aromatic carbocycles. The van der Waals surface area contributed by atoms with Crippen LogP contribution in [0.5, 0.6) is 0 Å². The van der Waals surface area contributed by atoms with E-state index in [0.29, 0.717) is 12.5 Å². The molecule has 0 unspecified atom stereocenters. The van der Waals surface area contributed by atoms with Crippen LogP contribution in [-0.4, -0.2) is 11.7 Å². The molecule has 0 bridgehead atoms. The van der Waals surface area contributed by atoms with E-state index in [2.05, 4.69) is 48.9 Å². The summed E-state index contributed by atoms with van der Waals surface area (Å²) in [4.78, 5) is 0. The zero-order valence-electron chi connectivity index (χ0n) is 5.74. The summed E-state index contributed by atoms with van der Waals surface area (Å²) in [5.41, 5.74) is 0. The summed E-state index contributed by atoms with van der Waals surface area (Å²) in [5.74, 6) is 0.440. The molecule has 0 fully saturated rings. The van der Waals surface area contributed by atoms with Crippen molar-refractivity contribution in [2.75, 3.05) is 6.61 Å². The maximum absolute atomic E-state index is 8.14. The molecule has 0 saturated heterocycles. The molecule has 0 saturated carbocycles. The summed E-state index contributed by atoms with van der Waals surface area (Å²) >= 11 is 13.3. The molecule has 64 valence electrons. The molecule has 1 nitrogen and oxygen atoms in total. The second kappa shape index (κ2) is 8.37. The average molecular weight is 485 g/mol. The van der Waals surface area contributed by atoms with Gasteiger partial charge in [0.2, 0.25) is 0 Å². The third-order valence-corrected chi connectivity index (χ3v) is 0.365. The Morgan fingerprint density at radius 2 is 1.30 bits per heavy atom. The SMILES string of the molecule is CC(C)CO.[Br][Zr]([Br])([Br])[Br]. The quantitative estimate of drug-likeness (QED) is 0.596. The van der Waals surface area contributed by atoms with Gasteiger partial charge in [-0.3, -0.25) is 0 Å². The summed E-state index contributed by atoms with van der Waals surface area (Å²) in [7, 11) is -1.93. The van der Waals surface area contributed by atoms with E-state index in [-0.39, 0.29) is 0 Å². The van der Waals surface area contributed by atoms with Crippen molar-refractivity contribution >= 4 is 48.9 Å². The average Bonchev–Trinajstić information content (AvgIpc) is 1.61. The van der Waals surface area contributed by atoms with Crippen molar-refractivity contribution in [1.29, 1.82) is 0 Å². The first-order valence-corrected chi connectivity index (χ1v) is 25.1. The van der Waals surface area contributed by atoms with E-state index in [1.807, 2.05) is 13.8 Å². The minimum absolute atomic E-state index is 0.306. The fourth-order valence-electron chi connectivity index (χ4n) is 0. The fourth-order valence-corrected chi connectivity index (χ4v) is 0. The van der Waals surface area contributed by atoms with Crippen molar-refractivity contribution in [3.63, 3.8) is 0 Å². The van der Waals surface area contributed by atoms with Gasteiger partial charge >= 0.3 is 59.7 Å². The summed E-state index contributed by atoms with van der Waals surface area (Å²) in [6.45, 7) is 4.25. The molecule has 6 heteroatoms. The van der Waals surface area contributed by atoms with Gasteiger partial charge in [-0.1, -0.05) is 13.8 Å². The second-order valence-corrected chi connectivity index (χ2v) is 70.0. The predicted octanol–water partition coefficient (Wildman–Crippen LogP) is 4.01. The van der Waals surface area contributed by atoms with Gasteiger partial charge < -0.3 is 5.11 Å².